The van der Waals surface area contributed by atoms with E-state index in [1.165, 1.54) is 59.0 Å². The molecule has 3 amide bonds. The van der Waals surface area contributed by atoms with Crippen molar-refractivity contribution in [1.82, 2.24) is 20.1 Å². The molecule has 5 rings (SSSR count). The Bertz CT molecular complexity index is 1660. The SMILES string of the molecule is CCc1ccccc1N1C(=O)CSC1=NC(=O)NC(COC)c1ccc(-c2ncn(-c3ccc(OC(F)(F)F)cc3)n2)cc1. The molecule has 228 valence electrons. The number of aryl methyl sites for hydroxylation is 1. The van der Waals surface area contributed by atoms with Crippen molar-refractivity contribution in [1.29, 1.82) is 0 Å². The van der Waals surface area contributed by atoms with Crippen LogP contribution in [0.25, 0.3) is 17.1 Å². The summed E-state index contributed by atoms with van der Waals surface area (Å²) in [5.41, 5.74) is 3.61. The highest BCUT2D eigenvalue weighted by Crippen LogP contribution is 2.30. The van der Waals surface area contributed by atoms with E-state index in [1.54, 1.807) is 24.3 Å². The number of para-hydroxylation sites is 1. The number of hydrogen-bond acceptors (Lipinski definition) is 7. The van der Waals surface area contributed by atoms with Crippen LogP contribution in [-0.4, -0.2) is 57.7 Å². The molecule has 1 saturated heterocycles. The molecule has 14 heteroatoms. The van der Waals surface area contributed by atoms with Crippen LogP contribution in [0.4, 0.5) is 23.7 Å². The predicted molar refractivity (Wildman–Crippen MR) is 160 cm³/mol. The number of nitrogens with one attached hydrogen (secondary N) is 1. The first-order valence-corrected chi connectivity index (χ1v) is 14.4. The van der Waals surface area contributed by atoms with Crippen LogP contribution in [0.1, 0.15) is 24.1 Å². The summed E-state index contributed by atoms with van der Waals surface area (Å²) in [6, 6.07) is 18.8. The first-order chi connectivity index (χ1) is 21.1. The molecule has 0 bridgehead atoms. The number of aliphatic imine (C=N–C) groups is 1. The number of rotatable bonds is 9. The zero-order valence-electron chi connectivity index (χ0n) is 23.6. The third-order valence-corrected chi connectivity index (χ3v) is 7.53. The van der Waals surface area contributed by atoms with Crippen molar-refractivity contribution in [2.45, 2.75) is 25.7 Å². The Morgan fingerprint density at radius 2 is 1.82 bits per heavy atom. The molecule has 0 saturated carbocycles. The van der Waals surface area contributed by atoms with Gasteiger partial charge in [0, 0.05) is 12.7 Å². The Morgan fingerprint density at radius 3 is 2.50 bits per heavy atom. The fourth-order valence-corrected chi connectivity index (χ4v) is 5.41. The normalized spacial score (nSPS) is 15.1. The lowest BCUT2D eigenvalue weighted by Crippen LogP contribution is -2.33. The van der Waals surface area contributed by atoms with Gasteiger partial charge in [-0.05, 0) is 47.9 Å². The molecule has 0 spiro atoms. The lowest BCUT2D eigenvalue weighted by molar-refractivity contribution is -0.274. The van der Waals surface area contributed by atoms with Crippen molar-refractivity contribution >= 4 is 34.6 Å². The van der Waals surface area contributed by atoms with E-state index in [9.17, 15) is 22.8 Å². The molecule has 1 N–H and O–H groups in total. The molecule has 1 aromatic heterocycles. The number of halogens is 3. The molecule has 4 aromatic rings. The second kappa shape index (κ2) is 13.3. The lowest BCUT2D eigenvalue weighted by Gasteiger charge is -2.20. The number of carbonyl (C=O) groups excluding carboxylic acids is 2. The number of aromatic nitrogens is 3. The zero-order valence-corrected chi connectivity index (χ0v) is 24.4. The van der Waals surface area contributed by atoms with Crippen molar-refractivity contribution in [2.24, 2.45) is 4.99 Å². The number of ether oxygens (including phenoxy) is 2. The monoisotopic (exact) mass is 624 g/mol. The van der Waals surface area contributed by atoms with E-state index in [4.69, 9.17) is 4.74 Å². The number of amides is 3. The molecule has 1 fully saturated rings. The minimum atomic E-state index is -4.77. The van der Waals surface area contributed by atoms with Gasteiger partial charge in [-0.3, -0.25) is 9.69 Å². The van der Waals surface area contributed by atoms with E-state index in [0.29, 0.717) is 27.9 Å². The minimum absolute atomic E-state index is 0.144. The Kier molecular flexibility index (Phi) is 9.30. The van der Waals surface area contributed by atoms with Crippen LogP contribution in [0.5, 0.6) is 5.75 Å². The van der Waals surface area contributed by atoms with Crippen molar-refractivity contribution < 1.29 is 32.2 Å². The van der Waals surface area contributed by atoms with E-state index >= 15 is 0 Å². The smallest absolute Gasteiger partial charge is 0.406 e. The van der Waals surface area contributed by atoms with Crippen LogP contribution in [0.3, 0.4) is 0 Å². The fourth-order valence-electron chi connectivity index (χ4n) is 4.55. The van der Waals surface area contributed by atoms with E-state index in [0.717, 1.165) is 17.5 Å². The number of methoxy groups -OCH3 is 1. The third-order valence-electron chi connectivity index (χ3n) is 6.61. The van der Waals surface area contributed by atoms with E-state index in [2.05, 4.69) is 25.1 Å². The summed E-state index contributed by atoms with van der Waals surface area (Å²) in [5.74, 6) is 0.0986. The van der Waals surface area contributed by atoms with Gasteiger partial charge in [-0.15, -0.1) is 18.3 Å². The number of anilines is 1. The number of alkyl halides is 3. The van der Waals surface area contributed by atoms with Crippen LogP contribution in [0, 0.1) is 0 Å². The topological polar surface area (TPSA) is 111 Å². The molecule has 1 unspecified atom stereocenters. The second-order valence-corrected chi connectivity index (χ2v) is 10.5. The summed E-state index contributed by atoms with van der Waals surface area (Å²) in [5, 5.41) is 7.59. The number of amidine groups is 1. The van der Waals surface area contributed by atoms with Gasteiger partial charge in [-0.1, -0.05) is 61.2 Å². The summed E-state index contributed by atoms with van der Waals surface area (Å²) in [4.78, 5) is 35.7. The van der Waals surface area contributed by atoms with Gasteiger partial charge in [0.15, 0.2) is 11.0 Å². The summed E-state index contributed by atoms with van der Waals surface area (Å²) in [6.07, 6.45) is -2.60. The first-order valence-electron chi connectivity index (χ1n) is 13.4. The third kappa shape index (κ3) is 7.26. The zero-order chi connectivity index (χ0) is 31.3. The van der Waals surface area contributed by atoms with Gasteiger partial charge in [-0.25, -0.2) is 14.5 Å². The van der Waals surface area contributed by atoms with Crippen LogP contribution in [-0.2, 0) is 16.0 Å². The van der Waals surface area contributed by atoms with Gasteiger partial charge in [0.1, 0.15) is 12.1 Å². The van der Waals surface area contributed by atoms with Gasteiger partial charge in [-0.2, -0.15) is 4.99 Å². The van der Waals surface area contributed by atoms with Crippen LogP contribution < -0.4 is 15.0 Å². The predicted octanol–water partition coefficient (Wildman–Crippen LogP) is 5.93. The van der Waals surface area contributed by atoms with Gasteiger partial charge in [0.25, 0.3) is 0 Å². The number of carbonyl (C=O) groups is 2. The average Bonchev–Trinajstić information content (AvgIpc) is 3.63. The lowest BCUT2D eigenvalue weighted by atomic mass is 10.1. The first kappa shape index (κ1) is 30.8. The number of urea groups is 1. The Hall–Kier alpha value is -4.69. The highest BCUT2D eigenvalue weighted by atomic mass is 32.2. The van der Waals surface area contributed by atoms with Crippen LogP contribution in [0.15, 0.2) is 84.1 Å². The largest absolute Gasteiger partial charge is 0.573 e. The molecule has 2 heterocycles. The van der Waals surface area contributed by atoms with Gasteiger partial charge < -0.3 is 14.8 Å². The summed E-state index contributed by atoms with van der Waals surface area (Å²) in [7, 11) is 1.52. The quantitative estimate of drug-likeness (QED) is 0.246. The molecular weight excluding hydrogens is 597 g/mol. The Morgan fingerprint density at radius 1 is 1.09 bits per heavy atom. The van der Waals surface area contributed by atoms with Crippen molar-refractivity contribution in [3.05, 3.63) is 90.3 Å². The maximum Gasteiger partial charge on any atom is 0.573 e. The molecule has 0 radical (unpaired) electrons. The van der Waals surface area contributed by atoms with E-state index < -0.39 is 18.4 Å². The maximum absolute atomic E-state index is 13.0. The standard InChI is InChI=1S/C30H27F3N6O4S/c1-3-19-6-4-5-7-25(19)39-26(40)17-44-29(39)36-28(41)35-24(16-42-2)20-8-10-21(11-9-20)27-34-18-38(37-27)22-12-14-23(15-13-22)43-30(31,32)33/h4-15,18,24H,3,16-17H2,1-2H3,(H,35,41). The summed E-state index contributed by atoms with van der Waals surface area (Å²) < 4.78 is 48.0. The van der Waals surface area contributed by atoms with Gasteiger partial charge in [0.05, 0.1) is 29.8 Å². The highest BCUT2D eigenvalue weighted by Gasteiger charge is 2.32. The van der Waals surface area contributed by atoms with Crippen LogP contribution in [0.2, 0.25) is 0 Å². The molecule has 0 aliphatic carbocycles. The minimum Gasteiger partial charge on any atom is -0.406 e. The summed E-state index contributed by atoms with van der Waals surface area (Å²) >= 11 is 1.21. The van der Waals surface area contributed by atoms with E-state index in [-0.39, 0.29) is 24.0 Å². The molecule has 1 aliphatic heterocycles. The van der Waals surface area contributed by atoms with Crippen molar-refractivity contribution in [3.8, 4) is 22.8 Å². The number of nitrogens with zero attached hydrogens (tertiary/aromatic N) is 5. The van der Waals surface area contributed by atoms with E-state index in [1.807, 2.05) is 31.2 Å². The van der Waals surface area contributed by atoms with Crippen LogP contribution >= 0.6 is 11.8 Å². The number of hydrogen-bond donors (Lipinski definition) is 1. The maximum atomic E-state index is 13.0. The Balaban J connectivity index is 1.28. The fraction of sp³-hybridized carbons (Fsp3) is 0.233. The molecule has 10 nitrogen and oxygen atoms in total. The van der Waals surface area contributed by atoms with Gasteiger partial charge >= 0.3 is 12.4 Å². The molecule has 1 atom stereocenters. The van der Waals surface area contributed by atoms with Crippen molar-refractivity contribution in [3.63, 3.8) is 0 Å². The second-order valence-electron chi connectivity index (χ2n) is 9.53. The Labute approximate surface area is 254 Å². The molecule has 44 heavy (non-hydrogen) atoms. The summed E-state index contributed by atoms with van der Waals surface area (Å²) in [6.45, 7) is 2.17. The highest BCUT2D eigenvalue weighted by molar-refractivity contribution is 8.15. The molecule has 1 aliphatic rings. The molecule has 3 aromatic carbocycles. The number of thioether (sulfide) groups is 1. The van der Waals surface area contributed by atoms with Crippen molar-refractivity contribution in [2.75, 3.05) is 24.4 Å². The van der Waals surface area contributed by atoms with Gasteiger partial charge in [0.2, 0.25) is 5.91 Å². The molecular formula is C30H27F3N6O4S. The average molecular weight is 625 g/mol. The number of benzene rings is 3.